The molecule has 29 heavy (non-hydrogen) atoms. The van der Waals surface area contributed by atoms with Crippen LogP contribution in [0.4, 0.5) is 0 Å². The van der Waals surface area contributed by atoms with Crippen molar-refractivity contribution in [3.8, 4) is 5.69 Å². The Morgan fingerprint density at radius 3 is 1.97 bits per heavy atom. The van der Waals surface area contributed by atoms with E-state index in [-0.39, 0.29) is 22.5 Å². The van der Waals surface area contributed by atoms with Crippen LogP contribution in [-0.2, 0) is 16.0 Å². The Kier molecular flexibility index (Phi) is 6.03. The first-order chi connectivity index (χ1) is 13.8. The van der Waals surface area contributed by atoms with Gasteiger partial charge in [0.25, 0.3) is 11.8 Å². The quantitative estimate of drug-likeness (QED) is 0.425. The molecule has 0 spiro atoms. The number of rotatable bonds is 5. The largest absolute Gasteiger partial charge is 0.318 e. The van der Waals surface area contributed by atoms with Gasteiger partial charge in [0.2, 0.25) is 0 Å². The van der Waals surface area contributed by atoms with Gasteiger partial charge in [-0.3, -0.25) is 19.4 Å². The van der Waals surface area contributed by atoms with Crippen molar-refractivity contribution in [3.63, 3.8) is 0 Å². The molecule has 0 aliphatic carbocycles. The first kappa shape index (κ1) is 21.0. The van der Waals surface area contributed by atoms with Gasteiger partial charge in [0.05, 0.1) is 0 Å². The molecule has 1 aliphatic rings. The molecule has 0 atom stereocenters. The molecule has 3 rings (SSSR count). The van der Waals surface area contributed by atoms with E-state index in [0.29, 0.717) is 13.1 Å². The molecule has 0 unspecified atom stereocenters. The lowest BCUT2D eigenvalue weighted by molar-refractivity contribution is -0.133. The molecule has 1 aliphatic heterocycles. The number of aromatic nitrogens is 1. The molecule has 2 aromatic rings. The first-order valence-corrected chi connectivity index (χ1v) is 10.4. The van der Waals surface area contributed by atoms with E-state index in [1.54, 1.807) is 6.08 Å². The summed E-state index contributed by atoms with van der Waals surface area (Å²) < 4.78 is 2.14. The maximum atomic E-state index is 12.9. The molecular weight excluding hydrogens is 382 g/mol. The Labute approximate surface area is 177 Å². The molecule has 0 saturated carbocycles. The molecule has 1 aromatic carbocycles. The zero-order valence-corrected chi connectivity index (χ0v) is 18.5. The maximum absolute atomic E-state index is 12.9. The number of hydrogen-bond donors (Lipinski definition) is 0. The molecule has 6 heteroatoms. The minimum absolute atomic E-state index is 0.156. The van der Waals surface area contributed by atoms with Crippen LogP contribution in [0.5, 0.6) is 0 Å². The van der Waals surface area contributed by atoms with E-state index in [1.807, 2.05) is 33.8 Å². The standard InChI is InChI=1S/C23H27N3O2S/c1-6-17-9-11-19(12-10-17)26-15(4)13-18(16(26)5)14-20-21(27)24(7-2)23(29)25(8-3)22(20)28/h9-14H,6-8H2,1-5H3. The van der Waals surface area contributed by atoms with Gasteiger partial charge in [0.15, 0.2) is 5.11 Å². The molecule has 0 bridgehead atoms. The highest BCUT2D eigenvalue weighted by molar-refractivity contribution is 7.80. The van der Waals surface area contributed by atoms with Crippen molar-refractivity contribution >= 4 is 35.2 Å². The normalized spacial score (nSPS) is 14.8. The second kappa shape index (κ2) is 8.33. The van der Waals surface area contributed by atoms with Crippen LogP contribution >= 0.6 is 12.2 Å². The summed E-state index contributed by atoms with van der Waals surface area (Å²) in [5.41, 5.74) is 5.40. The topological polar surface area (TPSA) is 45.6 Å². The number of aryl methyl sites for hydroxylation is 2. The molecular formula is C23H27N3O2S. The number of likely N-dealkylation sites (N-methyl/N-ethyl adjacent to an activating group) is 2. The molecule has 152 valence electrons. The highest BCUT2D eigenvalue weighted by atomic mass is 32.1. The van der Waals surface area contributed by atoms with E-state index >= 15 is 0 Å². The Morgan fingerprint density at radius 2 is 1.48 bits per heavy atom. The van der Waals surface area contributed by atoms with E-state index in [9.17, 15) is 9.59 Å². The van der Waals surface area contributed by atoms with Crippen LogP contribution in [0.1, 0.15) is 43.3 Å². The summed E-state index contributed by atoms with van der Waals surface area (Å²) in [4.78, 5) is 28.8. The summed E-state index contributed by atoms with van der Waals surface area (Å²) >= 11 is 5.33. The van der Waals surface area contributed by atoms with Crippen LogP contribution in [0, 0.1) is 13.8 Å². The summed E-state index contributed by atoms with van der Waals surface area (Å²) in [5.74, 6) is -0.659. The number of carbonyl (C=O) groups excluding carboxylic acids is 2. The Bertz CT molecular complexity index is 974. The van der Waals surface area contributed by atoms with Crippen molar-refractivity contribution in [1.82, 2.24) is 14.4 Å². The Balaban J connectivity index is 2.06. The number of carbonyl (C=O) groups is 2. The number of nitrogens with zero attached hydrogens (tertiary/aromatic N) is 3. The van der Waals surface area contributed by atoms with Gasteiger partial charge < -0.3 is 4.57 Å². The van der Waals surface area contributed by atoms with Gasteiger partial charge in [-0.2, -0.15) is 0 Å². The van der Waals surface area contributed by atoms with Gasteiger partial charge in [-0.1, -0.05) is 19.1 Å². The van der Waals surface area contributed by atoms with Crippen molar-refractivity contribution in [3.05, 3.63) is 58.4 Å². The third-order valence-electron chi connectivity index (χ3n) is 5.42. The fraction of sp³-hybridized carbons (Fsp3) is 0.348. The van der Waals surface area contributed by atoms with E-state index in [4.69, 9.17) is 12.2 Å². The number of hydrogen-bond acceptors (Lipinski definition) is 3. The van der Waals surface area contributed by atoms with Crippen LogP contribution < -0.4 is 0 Å². The fourth-order valence-electron chi connectivity index (χ4n) is 3.75. The lowest BCUT2D eigenvalue weighted by atomic mass is 10.1. The predicted molar refractivity (Wildman–Crippen MR) is 120 cm³/mol. The molecule has 1 fully saturated rings. The van der Waals surface area contributed by atoms with Crippen molar-refractivity contribution < 1.29 is 9.59 Å². The zero-order chi connectivity index (χ0) is 21.3. The predicted octanol–water partition coefficient (Wildman–Crippen LogP) is 4.04. The van der Waals surface area contributed by atoms with Crippen LogP contribution in [-0.4, -0.2) is 44.4 Å². The fourth-order valence-corrected chi connectivity index (χ4v) is 4.17. The van der Waals surface area contributed by atoms with E-state index < -0.39 is 0 Å². The molecule has 0 N–H and O–H groups in total. The maximum Gasteiger partial charge on any atom is 0.265 e. The first-order valence-electron chi connectivity index (χ1n) is 10.0. The summed E-state index contributed by atoms with van der Waals surface area (Å²) in [5, 5.41) is 0.281. The highest BCUT2D eigenvalue weighted by Crippen LogP contribution is 2.26. The molecule has 1 saturated heterocycles. The van der Waals surface area contributed by atoms with Gasteiger partial charge in [-0.05, 0) is 81.7 Å². The minimum Gasteiger partial charge on any atom is -0.318 e. The molecule has 2 heterocycles. The van der Waals surface area contributed by atoms with Crippen LogP contribution in [0.3, 0.4) is 0 Å². The number of benzene rings is 1. The second-order valence-electron chi connectivity index (χ2n) is 7.12. The van der Waals surface area contributed by atoms with Crippen molar-refractivity contribution in [1.29, 1.82) is 0 Å². The van der Waals surface area contributed by atoms with Gasteiger partial charge in [0, 0.05) is 30.2 Å². The number of amides is 2. The smallest absolute Gasteiger partial charge is 0.265 e. The Morgan fingerprint density at radius 1 is 0.931 bits per heavy atom. The van der Waals surface area contributed by atoms with Gasteiger partial charge in [-0.15, -0.1) is 0 Å². The number of thiocarbonyl (C=S) groups is 1. The van der Waals surface area contributed by atoms with Gasteiger partial charge in [-0.25, -0.2) is 0 Å². The summed E-state index contributed by atoms with van der Waals surface area (Å²) in [6, 6.07) is 10.5. The average Bonchev–Trinajstić information content (AvgIpc) is 2.99. The summed E-state index contributed by atoms with van der Waals surface area (Å²) in [6.07, 6.45) is 2.70. The van der Waals surface area contributed by atoms with E-state index in [2.05, 4.69) is 35.8 Å². The highest BCUT2D eigenvalue weighted by Gasteiger charge is 2.38. The minimum atomic E-state index is -0.329. The van der Waals surface area contributed by atoms with E-state index in [1.165, 1.54) is 15.4 Å². The Hall–Kier alpha value is -2.73. The SMILES string of the molecule is CCc1ccc(-n2c(C)cc(C=C3C(=O)N(CC)C(=S)N(CC)C3=O)c2C)cc1. The van der Waals surface area contributed by atoms with Crippen LogP contribution in [0.15, 0.2) is 35.9 Å². The lowest BCUT2D eigenvalue weighted by Gasteiger charge is -2.35. The van der Waals surface area contributed by atoms with Crippen molar-refractivity contribution in [2.45, 2.75) is 41.0 Å². The van der Waals surface area contributed by atoms with Crippen molar-refractivity contribution in [2.75, 3.05) is 13.1 Å². The molecule has 1 aromatic heterocycles. The van der Waals surface area contributed by atoms with Crippen LogP contribution in [0.25, 0.3) is 11.8 Å². The summed E-state index contributed by atoms with van der Waals surface area (Å²) in [7, 11) is 0. The van der Waals surface area contributed by atoms with Gasteiger partial charge in [0.1, 0.15) is 5.57 Å². The van der Waals surface area contributed by atoms with Gasteiger partial charge >= 0.3 is 0 Å². The lowest BCUT2D eigenvalue weighted by Crippen LogP contribution is -2.55. The second-order valence-corrected chi connectivity index (χ2v) is 7.49. The molecule has 0 radical (unpaired) electrons. The zero-order valence-electron chi connectivity index (χ0n) is 17.7. The third-order valence-corrected chi connectivity index (χ3v) is 5.86. The van der Waals surface area contributed by atoms with E-state index in [0.717, 1.165) is 29.1 Å². The van der Waals surface area contributed by atoms with Crippen molar-refractivity contribution in [2.24, 2.45) is 0 Å². The molecule has 2 amide bonds. The molecule has 5 nitrogen and oxygen atoms in total. The summed E-state index contributed by atoms with van der Waals surface area (Å²) in [6.45, 7) is 10.7. The van der Waals surface area contributed by atoms with Crippen LogP contribution in [0.2, 0.25) is 0 Å². The monoisotopic (exact) mass is 409 g/mol. The average molecular weight is 410 g/mol. The third kappa shape index (κ3) is 3.65.